The zero-order valence-electron chi connectivity index (χ0n) is 22.0. The van der Waals surface area contributed by atoms with E-state index in [1.54, 1.807) is 38.6 Å². The summed E-state index contributed by atoms with van der Waals surface area (Å²) in [6.07, 6.45) is 2.76. The summed E-state index contributed by atoms with van der Waals surface area (Å²) in [6.45, 7) is 12.8. The number of ether oxygens (including phenoxy) is 3. The lowest BCUT2D eigenvalue weighted by Gasteiger charge is -2.12. The van der Waals surface area contributed by atoms with Gasteiger partial charge in [0.2, 0.25) is 0 Å². The highest BCUT2D eigenvalue weighted by molar-refractivity contribution is 7.42. The topological polar surface area (TPSA) is 187 Å². The standard InChI is InChI=1S/C15H24N6O4P.C7H15NO2/c1-9(2)25-15(22)11(4)20-26(23)8-24-10(3)5-21-7-19-12-13(16)17-6-18-14(12)21;1-5(2)10-7(9)4-6(3)8/h6-7,9-11H,5,8H2,1-4H3,(H,20,23)(H2,16,17,18);5-6H,4,8H2,1-3H3/q+1;. The van der Waals surface area contributed by atoms with E-state index in [4.69, 9.17) is 25.7 Å². The molecule has 2 rings (SSSR count). The van der Waals surface area contributed by atoms with E-state index in [0.717, 1.165) is 0 Å². The van der Waals surface area contributed by atoms with E-state index in [1.807, 2.05) is 20.8 Å². The van der Waals surface area contributed by atoms with E-state index in [2.05, 4.69) is 20.0 Å². The van der Waals surface area contributed by atoms with E-state index in [1.165, 1.54) is 6.33 Å². The van der Waals surface area contributed by atoms with E-state index in [9.17, 15) is 14.2 Å². The van der Waals surface area contributed by atoms with Crippen LogP contribution in [0.2, 0.25) is 0 Å². The number of nitrogens with zero attached hydrogens (tertiary/aromatic N) is 4. The Morgan fingerprint density at radius 2 is 1.69 bits per heavy atom. The SMILES string of the molecule is CC(C)OC(=O)C(C)N[P+](=O)COC(C)Cn1cnc2c(N)ncnc21.CC(N)CC(=O)OC(C)C. The van der Waals surface area contributed by atoms with Gasteiger partial charge in [-0.2, -0.15) is 0 Å². The molecule has 0 fully saturated rings. The Hall–Kier alpha value is -2.73. The zero-order valence-corrected chi connectivity index (χ0v) is 22.9. The Balaban J connectivity index is 0.000000548. The first-order valence-corrected chi connectivity index (χ1v) is 13.1. The summed E-state index contributed by atoms with van der Waals surface area (Å²) < 4.78 is 29.3. The maximum atomic E-state index is 12.1. The molecule has 4 atom stereocenters. The van der Waals surface area contributed by atoms with Crippen molar-refractivity contribution in [3.05, 3.63) is 12.7 Å². The number of hydrogen-bond acceptors (Lipinski definition) is 11. The molecule has 0 spiro atoms. The maximum absolute atomic E-state index is 12.1. The summed E-state index contributed by atoms with van der Waals surface area (Å²) in [5, 5.41) is 2.69. The molecule has 0 aromatic carbocycles. The third-order valence-electron chi connectivity index (χ3n) is 4.26. The van der Waals surface area contributed by atoms with Crippen LogP contribution in [0.5, 0.6) is 0 Å². The first kappa shape index (κ1) is 31.3. The minimum atomic E-state index is -1.91. The summed E-state index contributed by atoms with van der Waals surface area (Å²) in [5.41, 5.74) is 12.3. The van der Waals surface area contributed by atoms with Crippen molar-refractivity contribution in [1.82, 2.24) is 24.6 Å². The van der Waals surface area contributed by atoms with E-state index >= 15 is 0 Å². The first-order valence-electron chi connectivity index (χ1n) is 11.7. The summed E-state index contributed by atoms with van der Waals surface area (Å²) in [6, 6.07) is -0.775. The van der Waals surface area contributed by atoms with Crippen molar-refractivity contribution in [2.24, 2.45) is 5.73 Å². The van der Waals surface area contributed by atoms with Crippen LogP contribution in [0, 0.1) is 0 Å². The van der Waals surface area contributed by atoms with Gasteiger partial charge in [-0.25, -0.2) is 15.0 Å². The minimum absolute atomic E-state index is 0.0282. The molecule has 5 N–H and O–H groups in total. The number of fused-ring (bicyclic) bond motifs is 1. The van der Waals surface area contributed by atoms with Gasteiger partial charge in [-0.05, 0) is 53.0 Å². The van der Waals surface area contributed by atoms with Crippen LogP contribution in [-0.2, 0) is 34.9 Å². The molecule has 202 valence electrons. The van der Waals surface area contributed by atoms with E-state index < -0.39 is 20.0 Å². The predicted octanol–water partition coefficient (Wildman–Crippen LogP) is 2.12. The van der Waals surface area contributed by atoms with Crippen LogP contribution < -0.4 is 16.6 Å². The van der Waals surface area contributed by atoms with Crippen molar-refractivity contribution in [1.29, 1.82) is 0 Å². The number of hydrogen-bond donors (Lipinski definition) is 3. The molecule has 0 aliphatic heterocycles. The number of anilines is 1. The second-order valence-electron chi connectivity index (χ2n) is 8.87. The molecule has 2 aromatic rings. The Morgan fingerprint density at radius 3 is 2.28 bits per heavy atom. The summed E-state index contributed by atoms with van der Waals surface area (Å²) in [7, 11) is -1.91. The lowest BCUT2D eigenvalue weighted by molar-refractivity contribution is -0.149. The average Bonchev–Trinajstić information content (AvgIpc) is 3.15. The fourth-order valence-electron chi connectivity index (χ4n) is 2.77. The van der Waals surface area contributed by atoms with Crippen molar-refractivity contribution < 1.29 is 28.4 Å². The highest BCUT2D eigenvalue weighted by atomic mass is 31.1. The summed E-state index contributed by atoms with van der Waals surface area (Å²) >= 11 is 0. The molecule has 0 aliphatic rings. The monoisotopic (exact) mass is 528 g/mol. The maximum Gasteiger partial charge on any atom is 0.461 e. The van der Waals surface area contributed by atoms with Gasteiger partial charge >= 0.3 is 19.9 Å². The van der Waals surface area contributed by atoms with Gasteiger partial charge in [-0.3, -0.25) is 9.59 Å². The van der Waals surface area contributed by atoms with Gasteiger partial charge in [0.25, 0.3) is 6.35 Å². The molecule has 0 bridgehead atoms. The van der Waals surface area contributed by atoms with Crippen LogP contribution in [0.15, 0.2) is 12.7 Å². The number of imidazole rings is 1. The molecular weight excluding hydrogens is 489 g/mol. The molecule has 0 amide bonds. The average molecular weight is 529 g/mol. The number of aromatic nitrogens is 4. The van der Waals surface area contributed by atoms with Gasteiger partial charge in [0, 0.05) is 6.04 Å². The van der Waals surface area contributed by atoms with Gasteiger partial charge in [0.15, 0.2) is 11.5 Å². The third-order valence-corrected chi connectivity index (χ3v) is 5.32. The third kappa shape index (κ3) is 11.8. The van der Waals surface area contributed by atoms with Crippen molar-refractivity contribution in [3.63, 3.8) is 0 Å². The van der Waals surface area contributed by atoms with Crippen molar-refractivity contribution in [2.75, 3.05) is 12.1 Å². The molecule has 0 aliphatic carbocycles. The second-order valence-corrected chi connectivity index (χ2v) is 10.1. The van der Waals surface area contributed by atoms with E-state index in [-0.39, 0.29) is 36.7 Å². The number of esters is 2. The molecular formula is C22H39N7O6P+. The molecule has 14 heteroatoms. The molecule has 2 heterocycles. The van der Waals surface area contributed by atoms with Gasteiger partial charge in [-0.15, -0.1) is 0 Å². The Labute approximate surface area is 212 Å². The highest BCUT2D eigenvalue weighted by Crippen LogP contribution is 2.19. The number of nitrogens with one attached hydrogen (secondary N) is 1. The lowest BCUT2D eigenvalue weighted by atomic mass is 10.2. The van der Waals surface area contributed by atoms with E-state index in [0.29, 0.717) is 29.9 Å². The number of nitrogens with two attached hydrogens (primary N) is 2. The molecule has 36 heavy (non-hydrogen) atoms. The fraction of sp³-hybridized carbons (Fsp3) is 0.682. The summed E-state index contributed by atoms with van der Waals surface area (Å²) in [5.74, 6) is -0.347. The summed E-state index contributed by atoms with van der Waals surface area (Å²) in [4.78, 5) is 34.7. The Kier molecular flexibility index (Phi) is 13.4. The smallest absolute Gasteiger partial charge is 0.461 e. The van der Waals surface area contributed by atoms with Crippen LogP contribution in [0.4, 0.5) is 5.82 Å². The minimum Gasteiger partial charge on any atom is -0.463 e. The van der Waals surface area contributed by atoms with Crippen LogP contribution in [0.3, 0.4) is 0 Å². The molecule has 4 unspecified atom stereocenters. The van der Waals surface area contributed by atoms with Crippen molar-refractivity contribution in [2.45, 2.75) is 91.8 Å². The quantitative estimate of drug-likeness (QED) is 0.269. The molecule has 0 radical (unpaired) electrons. The number of carbonyl (C=O) groups is 2. The second kappa shape index (κ2) is 15.4. The number of rotatable bonds is 12. The van der Waals surface area contributed by atoms with Gasteiger partial charge in [-0.1, -0.05) is 5.09 Å². The highest BCUT2D eigenvalue weighted by Gasteiger charge is 2.27. The van der Waals surface area contributed by atoms with Crippen molar-refractivity contribution >= 4 is 36.9 Å². The molecule has 0 saturated carbocycles. The van der Waals surface area contributed by atoms with Gasteiger partial charge < -0.3 is 30.2 Å². The van der Waals surface area contributed by atoms with Gasteiger partial charge in [0.1, 0.15) is 17.9 Å². The fourth-order valence-corrected chi connectivity index (χ4v) is 3.77. The van der Waals surface area contributed by atoms with Crippen LogP contribution in [0.1, 0.15) is 54.9 Å². The molecule has 2 aromatic heterocycles. The van der Waals surface area contributed by atoms with Gasteiger partial charge in [0.05, 0.1) is 37.6 Å². The Morgan fingerprint density at radius 1 is 1.06 bits per heavy atom. The molecule has 0 saturated heterocycles. The predicted molar refractivity (Wildman–Crippen MR) is 136 cm³/mol. The number of nitrogen functional groups attached to an aromatic ring is 1. The Bertz CT molecular complexity index is 986. The van der Waals surface area contributed by atoms with Crippen LogP contribution in [-0.4, -0.2) is 68.2 Å². The largest absolute Gasteiger partial charge is 0.463 e. The normalized spacial score (nSPS) is 14.1. The lowest BCUT2D eigenvalue weighted by Crippen LogP contribution is -2.33. The number of carbonyl (C=O) groups excluding carboxylic acids is 2. The van der Waals surface area contributed by atoms with Crippen LogP contribution >= 0.6 is 7.95 Å². The molecule has 13 nitrogen and oxygen atoms in total. The van der Waals surface area contributed by atoms with Crippen LogP contribution in [0.25, 0.3) is 11.2 Å². The zero-order chi connectivity index (χ0) is 27.4. The first-order chi connectivity index (χ1) is 16.8. The van der Waals surface area contributed by atoms with Crippen molar-refractivity contribution in [3.8, 4) is 0 Å².